The summed E-state index contributed by atoms with van der Waals surface area (Å²) in [5.74, 6) is -0.188. The van der Waals surface area contributed by atoms with Gasteiger partial charge in [0.15, 0.2) is 6.61 Å². The van der Waals surface area contributed by atoms with Crippen LogP contribution in [0.1, 0.15) is 27.6 Å². The van der Waals surface area contributed by atoms with Crippen LogP contribution in [-0.2, 0) is 11.3 Å². The first-order chi connectivity index (χ1) is 14.9. The number of aryl methyl sites for hydroxylation is 1. The van der Waals surface area contributed by atoms with Gasteiger partial charge in [0.25, 0.3) is 11.6 Å². The lowest BCUT2D eigenvalue weighted by Gasteiger charge is -2.09. The van der Waals surface area contributed by atoms with E-state index < -0.39 is 10.9 Å². The molecule has 0 aliphatic heterocycles. The molecule has 2 aromatic carbocycles. The van der Waals surface area contributed by atoms with Gasteiger partial charge in [-0.2, -0.15) is 0 Å². The molecule has 4 rings (SSSR count). The summed E-state index contributed by atoms with van der Waals surface area (Å²) in [5.41, 5.74) is 3.59. The second-order valence-corrected chi connectivity index (χ2v) is 6.84. The van der Waals surface area contributed by atoms with Crippen molar-refractivity contribution in [2.24, 2.45) is 0 Å². The number of aromatic nitrogens is 3. The standard InChI is InChI=1S/C22H18N4O5/c1-14-12-19(15(2)25(14)17-6-4-3-5-7-17)22(27)30-13-20-23-24-21(31-20)16-8-10-18(11-9-16)26(28)29/h3-12H,13H2,1-2H3. The number of ether oxygens (including phenoxy) is 1. The van der Waals surface area contributed by atoms with E-state index in [1.54, 1.807) is 6.07 Å². The molecule has 0 amide bonds. The number of carbonyl (C=O) groups is 1. The number of hydrogen-bond acceptors (Lipinski definition) is 7. The molecule has 31 heavy (non-hydrogen) atoms. The number of hydrogen-bond donors (Lipinski definition) is 0. The molecule has 0 saturated heterocycles. The van der Waals surface area contributed by atoms with E-state index in [9.17, 15) is 14.9 Å². The molecule has 0 bridgehead atoms. The third-order valence-electron chi connectivity index (χ3n) is 4.78. The Hall–Kier alpha value is -4.27. The van der Waals surface area contributed by atoms with Gasteiger partial charge >= 0.3 is 5.97 Å². The summed E-state index contributed by atoms with van der Waals surface area (Å²) in [6.45, 7) is 3.59. The zero-order valence-electron chi connectivity index (χ0n) is 16.8. The Bertz CT molecular complexity index is 1240. The van der Waals surface area contributed by atoms with E-state index in [0.717, 1.165) is 17.1 Å². The van der Waals surface area contributed by atoms with Crippen LogP contribution < -0.4 is 0 Å². The maximum atomic E-state index is 12.6. The summed E-state index contributed by atoms with van der Waals surface area (Å²) >= 11 is 0. The topological polar surface area (TPSA) is 113 Å². The molecule has 0 atom stereocenters. The number of nitrogens with zero attached hydrogens (tertiary/aromatic N) is 4. The summed E-state index contributed by atoms with van der Waals surface area (Å²) in [6.07, 6.45) is 0. The van der Waals surface area contributed by atoms with E-state index in [-0.39, 0.29) is 24.1 Å². The van der Waals surface area contributed by atoms with Crippen LogP contribution in [0.3, 0.4) is 0 Å². The molecule has 0 fully saturated rings. The monoisotopic (exact) mass is 418 g/mol. The van der Waals surface area contributed by atoms with Crippen molar-refractivity contribution in [3.8, 4) is 17.1 Å². The number of para-hydroxylation sites is 1. The van der Waals surface area contributed by atoms with Crippen LogP contribution in [0.4, 0.5) is 5.69 Å². The molecule has 0 N–H and O–H groups in total. The Morgan fingerprint density at radius 3 is 2.48 bits per heavy atom. The molecule has 0 saturated carbocycles. The molecule has 156 valence electrons. The van der Waals surface area contributed by atoms with Crippen LogP contribution in [0, 0.1) is 24.0 Å². The third-order valence-corrected chi connectivity index (χ3v) is 4.78. The van der Waals surface area contributed by atoms with Crippen molar-refractivity contribution in [3.05, 3.63) is 93.6 Å². The summed E-state index contributed by atoms with van der Waals surface area (Å²) in [5, 5.41) is 18.5. The van der Waals surface area contributed by atoms with E-state index in [2.05, 4.69) is 10.2 Å². The summed E-state index contributed by atoms with van der Waals surface area (Å²) in [6, 6.07) is 17.2. The van der Waals surface area contributed by atoms with Gasteiger partial charge < -0.3 is 13.7 Å². The molecule has 0 unspecified atom stereocenters. The first-order valence-electron chi connectivity index (χ1n) is 9.42. The van der Waals surface area contributed by atoms with Gasteiger partial charge in [-0.25, -0.2) is 4.79 Å². The molecule has 0 spiro atoms. The van der Waals surface area contributed by atoms with Gasteiger partial charge in [-0.3, -0.25) is 10.1 Å². The zero-order valence-corrected chi connectivity index (χ0v) is 16.8. The first kappa shape index (κ1) is 20.0. The highest BCUT2D eigenvalue weighted by molar-refractivity contribution is 5.91. The maximum Gasteiger partial charge on any atom is 0.340 e. The fraction of sp³-hybridized carbons (Fsp3) is 0.136. The summed E-state index contributed by atoms with van der Waals surface area (Å²) in [7, 11) is 0. The van der Waals surface area contributed by atoms with E-state index in [4.69, 9.17) is 9.15 Å². The molecular formula is C22H18N4O5. The van der Waals surface area contributed by atoms with Crippen LogP contribution in [0.25, 0.3) is 17.1 Å². The molecule has 0 aliphatic rings. The second kappa shape index (κ2) is 8.23. The molecule has 0 aliphatic carbocycles. The Morgan fingerprint density at radius 1 is 1.10 bits per heavy atom. The molecule has 9 nitrogen and oxygen atoms in total. The second-order valence-electron chi connectivity index (χ2n) is 6.84. The van der Waals surface area contributed by atoms with Crippen molar-refractivity contribution in [1.29, 1.82) is 0 Å². The van der Waals surface area contributed by atoms with Crippen molar-refractivity contribution in [2.75, 3.05) is 0 Å². The summed E-state index contributed by atoms with van der Waals surface area (Å²) < 4.78 is 12.9. The Morgan fingerprint density at radius 2 is 1.81 bits per heavy atom. The first-order valence-corrected chi connectivity index (χ1v) is 9.42. The number of esters is 1. The minimum atomic E-state index is -0.495. The number of rotatable bonds is 6. The van der Waals surface area contributed by atoms with Gasteiger partial charge in [-0.15, -0.1) is 10.2 Å². The molecule has 0 radical (unpaired) electrons. The van der Waals surface area contributed by atoms with E-state index >= 15 is 0 Å². The van der Waals surface area contributed by atoms with Crippen LogP contribution in [0.15, 0.2) is 65.1 Å². The normalized spacial score (nSPS) is 10.8. The van der Waals surface area contributed by atoms with Crippen LogP contribution in [-0.4, -0.2) is 25.7 Å². The molecular weight excluding hydrogens is 400 g/mol. The molecule has 4 aromatic rings. The third kappa shape index (κ3) is 4.06. The lowest BCUT2D eigenvalue weighted by Crippen LogP contribution is -2.07. The SMILES string of the molecule is Cc1cc(C(=O)OCc2nnc(-c3ccc([N+](=O)[O-])cc3)o2)c(C)n1-c1ccccc1. The van der Waals surface area contributed by atoms with Gasteiger partial charge in [0, 0.05) is 34.8 Å². The fourth-order valence-electron chi connectivity index (χ4n) is 3.30. The smallest absolute Gasteiger partial charge is 0.340 e. The maximum absolute atomic E-state index is 12.6. The summed E-state index contributed by atoms with van der Waals surface area (Å²) in [4.78, 5) is 22.9. The number of nitro benzene ring substituents is 1. The quantitative estimate of drug-likeness (QED) is 0.259. The van der Waals surface area contributed by atoms with Crippen molar-refractivity contribution < 1.29 is 18.9 Å². The van der Waals surface area contributed by atoms with Gasteiger partial charge in [0.2, 0.25) is 5.89 Å². The lowest BCUT2D eigenvalue weighted by molar-refractivity contribution is -0.384. The number of non-ortho nitro benzene ring substituents is 1. The number of benzene rings is 2. The van der Waals surface area contributed by atoms with Gasteiger partial charge in [0.05, 0.1) is 10.5 Å². The highest BCUT2D eigenvalue weighted by Crippen LogP contribution is 2.23. The Kier molecular flexibility index (Phi) is 5.31. The van der Waals surface area contributed by atoms with E-state index in [1.807, 2.05) is 48.7 Å². The Balaban J connectivity index is 1.46. The highest BCUT2D eigenvalue weighted by Gasteiger charge is 2.19. The van der Waals surface area contributed by atoms with Crippen LogP contribution in [0.5, 0.6) is 0 Å². The van der Waals surface area contributed by atoms with Gasteiger partial charge in [-0.05, 0) is 44.2 Å². The minimum Gasteiger partial charge on any atom is -0.452 e. The van der Waals surface area contributed by atoms with E-state index in [1.165, 1.54) is 24.3 Å². The average Bonchev–Trinajstić information content (AvgIpc) is 3.37. The zero-order chi connectivity index (χ0) is 22.0. The molecule has 2 aromatic heterocycles. The fourth-order valence-corrected chi connectivity index (χ4v) is 3.30. The van der Waals surface area contributed by atoms with Crippen molar-refractivity contribution in [2.45, 2.75) is 20.5 Å². The predicted molar refractivity (Wildman–Crippen MR) is 111 cm³/mol. The van der Waals surface area contributed by atoms with Gasteiger partial charge in [-0.1, -0.05) is 18.2 Å². The van der Waals surface area contributed by atoms with Crippen LogP contribution in [0.2, 0.25) is 0 Å². The largest absolute Gasteiger partial charge is 0.452 e. The molecule has 2 heterocycles. The van der Waals surface area contributed by atoms with Gasteiger partial charge in [0.1, 0.15) is 0 Å². The molecule has 9 heteroatoms. The van der Waals surface area contributed by atoms with E-state index in [0.29, 0.717) is 11.1 Å². The number of carbonyl (C=O) groups excluding carboxylic acids is 1. The Labute approximate surface area is 177 Å². The highest BCUT2D eigenvalue weighted by atomic mass is 16.6. The van der Waals surface area contributed by atoms with Crippen molar-refractivity contribution in [1.82, 2.24) is 14.8 Å². The average molecular weight is 418 g/mol. The lowest BCUT2D eigenvalue weighted by atomic mass is 10.2. The van der Waals surface area contributed by atoms with Crippen LogP contribution >= 0.6 is 0 Å². The number of nitro groups is 1. The van der Waals surface area contributed by atoms with Crippen molar-refractivity contribution >= 4 is 11.7 Å². The van der Waals surface area contributed by atoms with Crippen molar-refractivity contribution in [3.63, 3.8) is 0 Å². The minimum absolute atomic E-state index is 0.0366. The predicted octanol–water partition coefficient (Wildman–Crippen LogP) is 4.41.